The highest BCUT2D eigenvalue weighted by atomic mass is 16.3. The zero-order valence-corrected chi connectivity index (χ0v) is 7.07. The van der Waals surface area contributed by atoms with E-state index in [0.29, 0.717) is 5.92 Å². The van der Waals surface area contributed by atoms with E-state index < -0.39 is 0 Å². The molecule has 1 N–H and O–H groups in total. The van der Waals surface area contributed by atoms with Gasteiger partial charge < -0.3 is 9.52 Å². The van der Waals surface area contributed by atoms with Gasteiger partial charge in [-0.1, -0.05) is 6.42 Å². The Bertz CT molecular complexity index is 228. The van der Waals surface area contributed by atoms with Gasteiger partial charge in [0.05, 0.1) is 18.6 Å². The van der Waals surface area contributed by atoms with E-state index in [0.717, 1.165) is 19.3 Å². The van der Waals surface area contributed by atoms with E-state index in [4.69, 9.17) is 4.42 Å². The lowest BCUT2D eigenvalue weighted by molar-refractivity contribution is 0.132. The summed E-state index contributed by atoms with van der Waals surface area (Å²) in [4.78, 5) is 0. The van der Waals surface area contributed by atoms with Gasteiger partial charge in [0.1, 0.15) is 0 Å². The molecule has 1 aromatic rings. The van der Waals surface area contributed by atoms with Crippen LogP contribution < -0.4 is 0 Å². The minimum Gasteiger partial charge on any atom is -0.472 e. The van der Waals surface area contributed by atoms with Crippen LogP contribution in [0.5, 0.6) is 0 Å². The molecule has 0 aromatic carbocycles. The van der Waals surface area contributed by atoms with Crippen molar-refractivity contribution in [2.24, 2.45) is 5.92 Å². The summed E-state index contributed by atoms with van der Waals surface area (Å²) in [6.45, 7) is 0. The van der Waals surface area contributed by atoms with Gasteiger partial charge in [-0.15, -0.1) is 0 Å². The lowest BCUT2D eigenvalue weighted by Crippen LogP contribution is -2.14. The van der Waals surface area contributed by atoms with Crippen molar-refractivity contribution in [3.8, 4) is 0 Å². The average Bonchev–Trinajstić information content (AvgIpc) is 2.65. The zero-order chi connectivity index (χ0) is 8.39. The Hall–Kier alpha value is -0.760. The third-order valence-electron chi connectivity index (χ3n) is 2.70. The fourth-order valence-corrected chi connectivity index (χ4v) is 1.97. The van der Waals surface area contributed by atoms with Crippen molar-refractivity contribution in [3.05, 3.63) is 24.2 Å². The predicted octanol–water partition coefficient (Wildman–Crippen LogP) is 1.98. The van der Waals surface area contributed by atoms with Crippen LogP contribution in [0.2, 0.25) is 0 Å². The van der Waals surface area contributed by atoms with Crippen molar-refractivity contribution in [2.75, 3.05) is 0 Å². The van der Waals surface area contributed by atoms with E-state index in [1.165, 1.54) is 12.0 Å². The Morgan fingerprint density at radius 3 is 3.00 bits per heavy atom. The van der Waals surface area contributed by atoms with Crippen LogP contribution in [0.1, 0.15) is 24.8 Å². The van der Waals surface area contributed by atoms with Crippen molar-refractivity contribution >= 4 is 0 Å². The third kappa shape index (κ3) is 1.53. The zero-order valence-electron chi connectivity index (χ0n) is 7.07. The summed E-state index contributed by atoms with van der Waals surface area (Å²) in [7, 11) is 0. The van der Waals surface area contributed by atoms with Crippen LogP contribution in [0.25, 0.3) is 0 Å². The molecule has 1 heterocycles. The Labute approximate surface area is 72.2 Å². The second-order valence-electron chi connectivity index (χ2n) is 3.59. The standard InChI is InChI=1S/C10H14O2/c11-10-3-1-2-9(10)6-8-4-5-12-7-8/h4-5,7,9-11H,1-3,6H2. The Morgan fingerprint density at radius 2 is 2.42 bits per heavy atom. The Morgan fingerprint density at radius 1 is 1.50 bits per heavy atom. The van der Waals surface area contributed by atoms with Crippen molar-refractivity contribution in [1.29, 1.82) is 0 Å². The maximum absolute atomic E-state index is 9.56. The topological polar surface area (TPSA) is 33.4 Å². The van der Waals surface area contributed by atoms with Crippen LogP contribution in [-0.4, -0.2) is 11.2 Å². The molecule has 0 amide bonds. The molecule has 2 atom stereocenters. The molecule has 0 spiro atoms. The van der Waals surface area contributed by atoms with Crippen LogP contribution in [0.4, 0.5) is 0 Å². The van der Waals surface area contributed by atoms with E-state index in [2.05, 4.69) is 0 Å². The minimum absolute atomic E-state index is 0.0834. The van der Waals surface area contributed by atoms with Crippen molar-refractivity contribution < 1.29 is 9.52 Å². The smallest absolute Gasteiger partial charge is 0.0934 e. The second-order valence-corrected chi connectivity index (χ2v) is 3.59. The Balaban J connectivity index is 1.95. The molecular formula is C10H14O2. The molecule has 66 valence electrons. The van der Waals surface area contributed by atoms with E-state index in [1.54, 1.807) is 12.5 Å². The van der Waals surface area contributed by atoms with Crippen LogP contribution in [0, 0.1) is 5.92 Å². The highest BCUT2D eigenvalue weighted by molar-refractivity contribution is 5.07. The summed E-state index contributed by atoms with van der Waals surface area (Å²) < 4.78 is 4.98. The molecule has 2 rings (SSSR count). The average molecular weight is 166 g/mol. The van der Waals surface area contributed by atoms with Crippen LogP contribution >= 0.6 is 0 Å². The SMILES string of the molecule is OC1CCCC1Cc1ccoc1. The molecule has 2 nitrogen and oxygen atoms in total. The fourth-order valence-electron chi connectivity index (χ4n) is 1.97. The van der Waals surface area contributed by atoms with Gasteiger partial charge in [-0.05, 0) is 36.8 Å². The largest absolute Gasteiger partial charge is 0.472 e. The number of hydrogen-bond donors (Lipinski definition) is 1. The van der Waals surface area contributed by atoms with E-state index >= 15 is 0 Å². The molecule has 0 radical (unpaired) electrons. The molecule has 1 fully saturated rings. The normalized spacial score (nSPS) is 29.4. The number of rotatable bonds is 2. The lowest BCUT2D eigenvalue weighted by Gasteiger charge is -2.12. The summed E-state index contributed by atoms with van der Waals surface area (Å²) in [5.74, 6) is 0.461. The summed E-state index contributed by atoms with van der Waals surface area (Å²) in [5.41, 5.74) is 1.21. The number of aliphatic hydroxyl groups excluding tert-OH is 1. The predicted molar refractivity (Wildman–Crippen MR) is 45.8 cm³/mol. The maximum atomic E-state index is 9.56. The number of furan rings is 1. The van der Waals surface area contributed by atoms with E-state index in [9.17, 15) is 5.11 Å². The summed E-state index contributed by atoms with van der Waals surface area (Å²) >= 11 is 0. The van der Waals surface area contributed by atoms with Gasteiger partial charge >= 0.3 is 0 Å². The van der Waals surface area contributed by atoms with Crippen molar-refractivity contribution in [2.45, 2.75) is 31.8 Å². The van der Waals surface area contributed by atoms with Crippen LogP contribution in [0.15, 0.2) is 23.0 Å². The minimum atomic E-state index is -0.0834. The van der Waals surface area contributed by atoms with Gasteiger partial charge in [0.15, 0.2) is 0 Å². The van der Waals surface area contributed by atoms with E-state index in [1.807, 2.05) is 6.07 Å². The molecule has 2 heteroatoms. The van der Waals surface area contributed by atoms with Gasteiger partial charge in [-0.25, -0.2) is 0 Å². The number of hydrogen-bond acceptors (Lipinski definition) is 2. The summed E-state index contributed by atoms with van der Waals surface area (Å²) in [6, 6.07) is 1.98. The van der Waals surface area contributed by atoms with Gasteiger partial charge in [0.25, 0.3) is 0 Å². The molecule has 12 heavy (non-hydrogen) atoms. The van der Waals surface area contributed by atoms with Gasteiger partial charge in [0.2, 0.25) is 0 Å². The van der Waals surface area contributed by atoms with Crippen LogP contribution in [-0.2, 0) is 6.42 Å². The molecular weight excluding hydrogens is 152 g/mol. The Kier molecular flexibility index (Phi) is 2.17. The molecule has 1 aromatic heterocycles. The fraction of sp³-hybridized carbons (Fsp3) is 0.600. The van der Waals surface area contributed by atoms with Gasteiger partial charge in [0, 0.05) is 0 Å². The quantitative estimate of drug-likeness (QED) is 0.728. The summed E-state index contributed by atoms with van der Waals surface area (Å²) in [6.07, 6.45) is 7.65. The molecule has 0 saturated heterocycles. The van der Waals surface area contributed by atoms with Gasteiger partial charge in [-0.2, -0.15) is 0 Å². The van der Waals surface area contributed by atoms with Gasteiger partial charge in [-0.3, -0.25) is 0 Å². The second kappa shape index (κ2) is 3.31. The highest BCUT2D eigenvalue weighted by Gasteiger charge is 2.25. The first kappa shape index (κ1) is 7.87. The van der Waals surface area contributed by atoms with Crippen molar-refractivity contribution in [3.63, 3.8) is 0 Å². The van der Waals surface area contributed by atoms with Crippen molar-refractivity contribution in [1.82, 2.24) is 0 Å². The first-order chi connectivity index (χ1) is 5.86. The first-order valence-corrected chi connectivity index (χ1v) is 4.55. The molecule has 2 unspecified atom stereocenters. The molecule has 1 aliphatic rings. The lowest BCUT2D eigenvalue weighted by atomic mass is 9.98. The summed E-state index contributed by atoms with van der Waals surface area (Å²) in [5, 5.41) is 9.56. The molecule has 0 bridgehead atoms. The third-order valence-corrected chi connectivity index (χ3v) is 2.70. The molecule has 1 aliphatic carbocycles. The van der Waals surface area contributed by atoms with E-state index in [-0.39, 0.29) is 6.10 Å². The molecule has 0 aliphatic heterocycles. The first-order valence-electron chi connectivity index (χ1n) is 4.55. The monoisotopic (exact) mass is 166 g/mol. The van der Waals surface area contributed by atoms with Crippen LogP contribution in [0.3, 0.4) is 0 Å². The highest BCUT2D eigenvalue weighted by Crippen LogP contribution is 2.28. The molecule has 1 saturated carbocycles. The maximum Gasteiger partial charge on any atom is 0.0934 e. The number of aliphatic hydroxyl groups is 1.